The number of rotatable bonds is 5. The van der Waals surface area contributed by atoms with Gasteiger partial charge in [0.15, 0.2) is 0 Å². The highest BCUT2D eigenvalue weighted by atomic mass is 16.2. The van der Waals surface area contributed by atoms with Crippen molar-refractivity contribution in [3.05, 3.63) is 30.3 Å². The summed E-state index contributed by atoms with van der Waals surface area (Å²) in [5.41, 5.74) is 0.869. The lowest BCUT2D eigenvalue weighted by Gasteiger charge is -2.22. The Morgan fingerprint density at radius 2 is 2.00 bits per heavy atom. The summed E-state index contributed by atoms with van der Waals surface area (Å²) in [6.45, 7) is 4.50. The first-order valence-corrected chi connectivity index (χ1v) is 5.87. The number of amides is 1. The fourth-order valence-corrected chi connectivity index (χ4v) is 1.63. The van der Waals surface area contributed by atoms with Crippen molar-refractivity contribution in [1.82, 2.24) is 0 Å². The van der Waals surface area contributed by atoms with Crippen LogP contribution in [0.2, 0.25) is 0 Å². The number of nitrogens with zero attached hydrogens (tertiary/aromatic N) is 2. The lowest BCUT2D eigenvalue weighted by atomic mass is 10.1. The third-order valence-electron chi connectivity index (χ3n) is 2.40. The smallest absolute Gasteiger partial charge is 0.227 e. The van der Waals surface area contributed by atoms with Crippen LogP contribution in [0.25, 0.3) is 0 Å². The number of hydrogen-bond donors (Lipinski definition) is 0. The Morgan fingerprint density at radius 1 is 1.35 bits per heavy atom. The summed E-state index contributed by atoms with van der Waals surface area (Å²) in [7, 11) is 0. The van der Waals surface area contributed by atoms with Crippen molar-refractivity contribution in [3.63, 3.8) is 0 Å². The summed E-state index contributed by atoms with van der Waals surface area (Å²) in [6.07, 6.45) is 0.874. The van der Waals surface area contributed by atoms with Crippen molar-refractivity contribution in [2.75, 3.05) is 11.4 Å². The van der Waals surface area contributed by atoms with Gasteiger partial charge in [0, 0.05) is 18.7 Å². The largest absolute Gasteiger partial charge is 0.311 e. The normalized spacial score (nSPS) is 10.0. The van der Waals surface area contributed by atoms with Crippen LogP contribution in [0, 0.1) is 17.2 Å². The fraction of sp³-hybridized carbons (Fsp3) is 0.429. The van der Waals surface area contributed by atoms with Gasteiger partial charge in [-0.1, -0.05) is 32.0 Å². The number of anilines is 1. The van der Waals surface area contributed by atoms with Gasteiger partial charge in [-0.25, -0.2) is 0 Å². The van der Waals surface area contributed by atoms with E-state index in [9.17, 15) is 4.79 Å². The van der Waals surface area contributed by atoms with E-state index in [1.54, 1.807) is 4.90 Å². The summed E-state index contributed by atoms with van der Waals surface area (Å²) in [4.78, 5) is 13.8. The standard InChI is InChI=1S/C14H18N2O/c1-12(2)11-14(17)16(10-6-9-15)13-7-4-3-5-8-13/h3-5,7-8,12H,6,10-11H2,1-2H3. The molecule has 0 heterocycles. The van der Waals surface area contributed by atoms with E-state index < -0.39 is 0 Å². The summed E-state index contributed by atoms with van der Waals surface area (Å²) < 4.78 is 0. The van der Waals surface area contributed by atoms with Gasteiger partial charge >= 0.3 is 0 Å². The lowest BCUT2D eigenvalue weighted by molar-refractivity contribution is -0.119. The van der Waals surface area contributed by atoms with Gasteiger partial charge in [0.25, 0.3) is 0 Å². The van der Waals surface area contributed by atoms with E-state index in [-0.39, 0.29) is 5.91 Å². The minimum atomic E-state index is 0.0847. The van der Waals surface area contributed by atoms with Crippen LogP contribution in [-0.2, 0) is 4.79 Å². The molecule has 0 fully saturated rings. The highest BCUT2D eigenvalue weighted by Gasteiger charge is 2.15. The molecule has 0 saturated carbocycles. The van der Waals surface area contributed by atoms with Gasteiger partial charge in [0.05, 0.1) is 12.5 Å². The Bertz CT molecular complexity index is 392. The van der Waals surface area contributed by atoms with Crippen molar-refractivity contribution in [2.24, 2.45) is 5.92 Å². The Balaban J connectivity index is 2.81. The number of para-hydroxylation sites is 1. The lowest BCUT2D eigenvalue weighted by Crippen LogP contribution is -2.32. The molecule has 1 rings (SSSR count). The molecule has 0 aliphatic rings. The fourth-order valence-electron chi connectivity index (χ4n) is 1.63. The highest BCUT2D eigenvalue weighted by Crippen LogP contribution is 2.16. The molecular formula is C14H18N2O. The minimum absolute atomic E-state index is 0.0847. The topological polar surface area (TPSA) is 44.1 Å². The second-order valence-corrected chi connectivity index (χ2v) is 4.39. The Labute approximate surface area is 103 Å². The van der Waals surface area contributed by atoms with E-state index in [0.29, 0.717) is 25.3 Å². The van der Waals surface area contributed by atoms with E-state index in [4.69, 9.17) is 5.26 Å². The number of carbonyl (C=O) groups excluding carboxylic acids is 1. The number of nitriles is 1. The Kier molecular flexibility index (Phi) is 5.22. The predicted molar refractivity (Wildman–Crippen MR) is 68.5 cm³/mol. The number of hydrogen-bond acceptors (Lipinski definition) is 2. The van der Waals surface area contributed by atoms with Crippen LogP contribution in [-0.4, -0.2) is 12.5 Å². The van der Waals surface area contributed by atoms with Crippen LogP contribution in [0.1, 0.15) is 26.7 Å². The molecule has 0 unspecified atom stereocenters. The molecule has 1 aromatic rings. The van der Waals surface area contributed by atoms with Gasteiger partial charge in [0.2, 0.25) is 5.91 Å². The van der Waals surface area contributed by atoms with Crippen LogP contribution in [0.15, 0.2) is 30.3 Å². The van der Waals surface area contributed by atoms with Crippen LogP contribution < -0.4 is 4.90 Å². The molecule has 1 aromatic carbocycles. The third-order valence-corrected chi connectivity index (χ3v) is 2.40. The van der Waals surface area contributed by atoms with Crippen molar-refractivity contribution in [1.29, 1.82) is 5.26 Å². The van der Waals surface area contributed by atoms with E-state index in [2.05, 4.69) is 6.07 Å². The van der Waals surface area contributed by atoms with Crippen molar-refractivity contribution < 1.29 is 4.79 Å². The molecule has 3 heteroatoms. The Hall–Kier alpha value is -1.82. The maximum atomic E-state index is 12.1. The van der Waals surface area contributed by atoms with Crippen molar-refractivity contribution in [3.8, 4) is 6.07 Å². The van der Waals surface area contributed by atoms with Crippen molar-refractivity contribution >= 4 is 11.6 Å². The monoisotopic (exact) mass is 230 g/mol. The van der Waals surface area contributed by atoms with E-state index in [0.717, 1.165) is 5.69 Å². The zero-order valence-electron chi connectivity index (χ0n) is 10.4. The quantitative estimate of drug-likeness (QED) is 0.780. The molecule has 0 radical (unpaired) electrons. The first-order chi connectivity index (χ1) is 8.15. The van der Waals surface area contributed by atoms with Gasteiger partial charge in [-0.3, -0.25) is 4.79 Å². The molecule has 0 atom stereocenters. The van der Waals surface area contributed by atoms with Gasteiger partial charge in [-0.2, -0.15) is 5.26 Å². The second-order valence-electron chi connectivity index (χ2n) is 4.39. The van der Waals surface area contributed by atoms with Crippen LogP contribution in [0.4, 0.5) is 5.69 Å². The average molecular weight is 230 g/mol. The van der Waals surface area contributed by atoms with Crippen molar-refractivity contribution in [2.45, 2.75) is 26.7 Å². The maximum Gasteiger partial charge on any atom is 0.227 e. The first-order valence-electron chi connectivity index (χ1n) is 5.87. The molecule has 0 bridgehead atoms. The summed E-state index contributed by atoms with van der Waals surface area (Å²) in [6, 6.07) is 11.6. The second kappa shape index (κ2) is 6.70. The molecule has 0 aliphatic carbocycles. The molecule has 0 N–H and O–H groups in total. The predicted octanol–water partition coefficient (Wildman–Crippen LogP) is 2.98. The molecule has 17 heavy (non-hydrogen) atoms. The average Bonchev–Trinajstić information content (AvgIpc) is 2.30. The van der Waals surface area contributed by atoms with E-state index >= 15 is 0 Å². The van der Waals surface area contributed by atoms with Gasteiger partial charge < -0.3 is 4.90 Å². The van der Waals surface area contributed by atoms with Crippen LogP contribution in [0.3, 0.4) is 0 Å². The van der Waals surface area contributed by atoms with Crippen LogP contribution in [0.5, 0.6) is 0 Å². The molecular weight excluding hydrogens is 212 g/mol. The maximum absolute atomic E-state index is 12.1. The molecule has 1 amide bonds. The highest BCUT2D eigenvalue weighted by molar-refractivity contribution is 5.93. The van der Waals surface area contributed by atoms with Gasteiger partial charge in [-0.15, -0.1) is 0 Å². The van der Waals surface area contributed by atoms with Gasteiger partial charge in [-0.05, 0) is 18.1 Å². The zero-order chi connectivity index (χ0) is 12.7. The molecule has 0 aromatic heterocycles. The summed E-state index contributed by atoms with van der Waals surface area (Å²) in [5.74, 6) is 0.414. The summed E-state index contributed by atoms with van der Waals surface area (Å²) >= 11 is 0. The molecule has 0 aliphatic heterocycles. The first kappa shape index (κ1) is 13.2. The molecule has 90 valence electrons. The third kappa shape index (κ3) is 4.28. The molecule has 3 nitrogen and oxygen atoms in total. The van der Waals surface area contributed by atoms with Crippen LogP contribution >= 0.6 is 0 Å². The Morgan fingerprint density at radius 3 is 2.53 bits per heavy atom. The zero-order valence-corrected chi connectivity index (χ0v) is 10.4. The van der Waals surface area contributed by atoms with E-state index in [1.807, 2.05) is 44.2 Å². The SMILES string of the molecule is CC(C)CC(=O)N(CCC#N)c1ccccc1. The molecule has 0 saturated heterocycles. The van der Waals surface area contributed by atoms with Gasteiger partial charge in [0.1, 0.15) is 0 Å². The van der Waals surface area contributed by atoms with E-state index in [1.165, 1.54) is 0 Å². The summed E-state index contributed by atoms with van der Waals surface area (Å²) in [5, 5.41) is 8.64. The molecule has 0 spiro atoms. The number of carbonyl (C=O) groups is 1. The number of benzene rings is 1. The minimum Gasteiger partial charge on any atom is -0.311 e.